The Balaban J connectivity index is 1.58. The maximum atomic E-state index is 5.80. The van der Waals surface area contributed by atoms with Gasteiger partial charge in [-0.05, 0) is 49.1 Å². The molecular weight excluding hydrogens is 284 g/mol. The number of aryl methyl sites for hydroxylation is 1. The lowest BCUT2D eigenvalue weighted by Gasteiger charge is -2.40. The second-order valence-electron chi connectivity index (χ2n) is 6.96. The van der Waals surface area contributed by atoms with Gasteiger partial charge in [-0.3, -0.25) is 0 Å². The number of benzene rings is 1. The van der Waals surface area contributed by atoms with E-state index in [9.17, 15) is 0 Å². The van der Waals surface area contributed by atoms with E-state index in [4.69, 9.17) is 5.73 Å². The summed E-state index contributed by atoms with van der Waals surface area (Å²) in [5.74, 6) is 1.32. The number of anilines is 2. The molecule has 2 aromatic rings. The highest BCUT2D eigenvalue weighted by Gasteiger charge is 2.31. The van der Waals surface area contributed by atoms with Crippen LogP contribution in [-0.4, -0.2) is 23.1 Å². The van der Waals surface area contributed by atoms with Gasteiger partial charge in [-0.1, -0.05) is 37.3 Å². The first-order valence-electron chi connectivity index (χ1n) is 8.52. The molecule has 0 aliphatic carbocycles. The minimum absolute atomic E-state index is 0.334. The molecule has 0 spiro atoms. The van der Waals surface area contributed by atoms with Crippen LogP contribution in [-0.2, 0) is 6.42 Å². The number of aromatic nitrogens is 2. The van der Waals surface area contributed by atoms with Crippen LogP contribution < -0.4 is 10.6 Å². The normalized spacial score (nSPS) is 21.3. The van der Waals surface area contributed by atoms with Gasteiger partial charge in [0.2, 0.25) is 5.95 Å². The number of nitrogen functional groups attached to an aromatic ring is 1. The summed E-state index contributed by atoms with van der Waals surface area (Å²) in [5.41, 5.74) is 7.57. The molecule has 0 radical (unpaired) electrons. The Kier molecular flexibility index (Phi) is 4.79. The van der Waals surface area contributed by atoms with Crippen molar-refractivity contribution in [3.8, 4) is 0 Å². The quantitative estimate of drug-likeness (QED) is 0.915. The maximum absolute atomic E-state index is 5.80. The van der Waals surface area contributed by atoms with Crippen LogP contribution in [0, 0.1) is 5.41 Å². The zero-order valence-corrected chi connectivity index (χ0v) is 13.9. The van der Waals surface area contributed by atoms with Crippen LogP contribution in [0.2, 0.25) is 0 Å². The van der Waals surface area contributed by atoms with Gasteiger partial charge >= 0.3 is 0 Å². The van der Waals surface area contributed by atoms with Gasteiger partial charge in [-0.15, -0.1) is 0 Å². The summed E-state index contributed by atoms with van der Waals surface area (Å²) >= 11 is 0. The summed E-state index contributed by atoms with van der Waals surface area (Å²) in [4.78, 5) is 11.1. The molecule has 3 rings (SSSR count). The summed E-state index contributed by atoms with van der Waals surface area (Å²) in [6.07, 6.45) is 7.84. The lowest BCUT2D eigenvalue weighted by Crippen LogP contribution is -2.42. The fourth-order valence-corrected chi connectivity index (χ4v) is 3.57. The lowest BCUT2D eigenvalue weighted by molar-refractivity contribution is 0.234. The van der Waals surface area contributed by atoms with E-state index in [1.54, 1.807) is 12.3 Å². The van der Waals surface area contributed by atoms with Gasteiger partial charge in [0.25, 0.3) is 0 Å². The maximum Gasteiger partial charge on any atom is 0.227 e. The molecule has 2 N–H and O–H groups in total. The van der Waals surface area contributed by atoms with Gasteiger partial charge in [0.05, 0.1) is 0 Å². The molecule has 1 saturated heterocycles. The molecule has 1 fully saturated rings. The number of nitrogens with two attached hydrogens (primary N) is 1. The second kappa shape index (κ2) is 6.99. The zero-order chi connectivity index (χ0) is 16.1. The SMILES string of the molecule is CC1(CCCc2ccccc2)CCCN(c2nccc(N)n2)C1. The Morgan fingerprint density at radius 1 is 1.22 bits per heavy atom. The van der Waals surface area contributed by atoms with Crippen molar-refractivity contribution in [2.24, 2.45) is 5.41 Å². The van der Waals surface area contributed by atoms with Crippen LogP contribution in [0.3, 0.4) is 0 Å². The minimum Gasteiger partial charge on any atom is -0.384 e. The molecule has 0 saturated carbocycles. The summed E-state index contributed by atoms with van der Waals surface area (Å²) in [6.45, 7) is 4.44. The van der Waals surface area contributed by atoms with Gasteiger partial charge in [0.15, 0.2) is 0 Å². The van der Waals surface area contributed by atoms with Crippen molar-refractivity contribution in [1.29, 1.82) is 0 Å². The molecule has 4 nitrogen and oxygen atoms in total. The van der Waals surface area contributed by atoms with Gasteiger partial charge < -0.3 is 10.6 Å². The van der Waals surface area contributed by atoms with Crippen molar-refractivity contribution in [2.75, 3.05) is 23.7 Å². The highest BCUT2D eigenvalue weighted by atomic mass is 15.3. The number of hydrogen-bond acceptors (Lipinski definition) is 4. The van der Waals surface area contributed by atoms with Crippen molar-refractivity contribution in [3.05, 3.63) is 48.2 Å². The highest BCUT2D eigenvalue weighted by molar-refractivity contribution is 5.38. The molecule has 1 aliphatic heterocycles. The number of piperidine rings is 1. The monoisotopic (exact) mass is 310 g/mol. The van der Waals surface area contributed by atoms with E-state index in [1.807, 2.05) is 0 Å². The topological polar surface area (TPSA) is 55.0 Å². The Hall–Kier alpha value is -2.10. The molecule has 4 heteroatoms. The minimum atomic E-state index is 0.334. The van der Waals surface area contributed by atoms with Crippen molar-refractivity contribution >= 4 is 11.8 Å². The molecule has 1 atom stereocenters. The molecule has 0 bridgehead atoms. The van der Waals surface area contributed by atoms with Gasteiger partial charge in [0, 0.05) is 19.3 Å². The predicted molar refractivity (Wildman–Crippen MR) is 95.4 cm³/mol. The lowest BCUT2D eigenvalue weighted by atomic mass is 9.77. The standard InChI is InChI=1S/C19H26N4/c1-19(11-5-9-16-7-3-2-4-8-16)12-6-14-23(15-19)18-21-13-10-17(20)22-18/h2-4,7-8,10,13H,5-6,9,11-12,14-15H2,1H3,(H2,20,21,22). The van der Waals surface area contributed by atoms with Crippen LogP contribution in [0.15, 0.2) is 42.6 Å². The fourth-order valence-electron chi connectivity index (χ4n) is 3.57. The van der Waals surface area contributed by atoms with E-state index in [0.29, 0.717) is 11.2 Å². The number of hydrogen-bond donors (Lipinski definition) is 1. The second-order valence-corrected chi connectivity index (χ2v) is 6.96. The van der Waals surface area contributed by atoms with E-state index in [1.165, 1.54) is 31.2 Å². The molecule has 1 aromatic carbocycles. The third kappa shape index (κ3) is 4.21. The van der Waals surface area contributed by atoms with Gasteiger partial charge in [-0.2, -0.15) is 4.98 Å². The average molecular weight is 310 g/mol. The predicted octanol–water partition coefficient (Wildman–Crippen LogP) is 3.69. The summed E-state index contributed by atoms with van der Waals surface area (Å²) in [6, 6.07) is 12.5. The van der Waals surface area contributed by atoms with Crippen LogP contribution in [0.5, 0.6) is 0 Å². The molecule has 0 amide bonds. The Morgan fingerprint density at radius 2 is 2.04 bits per heavy atom. The smallest absolute Gasteiger partial charge is 0.227 e. The summed E-state index contributed by atoms with van der Waals surface area (Å²) in [5, 5.41) is 0. The third-order valence-corrected chi connectivity index (χ3v) is 4.82. The first-order chi connectivity index (χ1) is 11.1. The average Bonchev–Trinajstić information content (AvgIpc) is 2.56. The Bertz CT molecular complexity index is 628. The van der Waals surface area contributed by atoms with E-state index >= 15 is 0 Å². The van der Waals surface area contributed by atoms with E-state index in [0.717, 1.165) is 25.5 Å². The van der Waals surface area contributed by atoms with Gasteiger partial charge in [0.1, 0.15) is 5.82 Å². The van der Waals surface area contributed by atoms with Crippen molar-refractivity contribution in [2.45, 2.75) is 39.0 Å². The highest BCUT2D eigenvalue weighted by Crippen LogP contribution is 2.35. The van der Waals surface area contributed by atoms with Crippen LogP contribution in [0.1, 0.15) is 38.2 Å². The first-order valence-corrected chi connectivity index (χ1v) is 8.52. The molecule has 23 heavy (non-hydrogen) atoms. The fraction of sp³-hybridized carbons (Fsp3) is 0.474. The van der Waals surface area contributed by atoms with E-state index in [-0.39, 0.29) is 0 Å². The van der Waals surface area contributed by atoms with Gasteiger partial charge in [-0.25, -0.2) is 4.98 Å². The largest absolute Gasteiger partial charge is 0.384 e. The number of nitrogens with zero attached hydrogens (tertiary/aromatic N) is 3. The molecule has 2 heterocycles. The Morgan fingerprint density at radius 3 is 2.83 bits per heavy atom. The summed E-state index contributed by atoms with van der Waals surface area (Å²) in [7, 11) is 0. The van der Waals surface area contributed by atoms with Crippen molar-refractivity contribution in [3.63, 3.8) is 0 Å². The Labute approximate surface area is 138 Å². The molecular formula is C19H26N4. The van der Waals surface area contributed by atoms with Crippen LogP contribution in [0.4, 0.5) is 11.8 Å². The zero-order valence-electron chi connectivity index (χ0n) is 13.9. The van der Waals surface area contributed by atoms with Crippen LogP contribution >= 0.6 is 0 Å². The van der Waals surface area contributed by atoms with Crippen LogP contribution in [0.25, 0.3) is 0 Å². The molecule has 1 aliphatic rings. The molecule has 1 aromatic heterocycles. The van der Waals surface area contributed by atoms with Crippen molar-refractivity contribution < 1.29 is 0 Å². The third-order valence-electron chi connectivity index (χ3n) is 4.82. The number of rotatable bonds is 5. The van der Waals surface area contributed by atoms with E-state index in [2.05, 4.69) is 52.1 Å². The summed E-state index contributed by atoms with van der Waals surface area (Å²) < 4.78 is 0. The molecule has 1 unspecified atom stereocenters. The van der Waals surface area contributed by atoms with E-state index < -0.39 is 0 Å². The first kappa shape index (κ1) is 15.8. The van der Waals surface area contributed by atoms with Crippen molar-refractivity contribution in [1.82, 2.24) is 9.97 Å². The molecule has 122 valence electrons.